The highest BCUT2D eigenvalue weighted by Crippen LogP contribution is 2.27. The number of rotatable bonds is 3. The Morgan fingerprint density at radius 2 is 1.86 bits per heavy atom. The van der Waals surface area contributed by atoms with Crippen molar-refractivity contribution < 1.29 is 17.9 Å². The first-order chi connectivity index (χ1) is 10.4. The minimum atomic E-state index is -3.79. The quantitative estimate of drug-likeness (QED) is 0.514. The van der Waals surface area contributed by atoms with Crippen molar-refractivity contribution in [2.75, 3.05) is 7.11 Å². The highest BCUT2D eigenvalue weighted by atomic mass is 79.9. The van der Waals surface area contributed by atoms with Gasteiger partial charge >= 0.3 is 0 Å². The van der Waals surface area contributed by atoms with Gasteiger partial charge in [-0.25, -0.2) is 12.4 Å². The molecule has 3 aromatic rings. The van der Waals surface area contributed by atoms with Gasteiger partial charge in [-0.2, -0.15) is 4.73 Å². The van der Waals surface area contributed by atoms with Crippen LogP contribution in [0, 0.1) is 5.21 Å². The van der Waals surface area contributed by atoms with Crippen molar-refractivity contribution in [1.29, 1.82) is 0 Å². The number of hydrogen-bond acceptors (Lipinski definition) is 4. The number of nitrogens with zero attached hydrogens (tertiary/aromatic N) is 2. The Kier molecular flexibility index (Phi) is 3.57. The maximum Gasteiger partial charge on any atom is 0.268 e. The molecule has 2 heterocycles. The molecule has 0 radical (unpaired) electrons. The van der Waals surface area contributed by atoms with Crippen molar-refractivity contribution in [3.63, 3.8) is 0 Å². The summed E-state index contributed by atoms with van der Waals surface area (Å²) in [5.74, 6) is 0.317. The van der Waals surface area contributed by atoms with E-state index < -0.39 is 10.0 Å². The first-order valence-electron chi connectivity index (χ1n) is 6.22. The van der Waals surface area contributed by atoms with Gasteiger partial charge in [0.1, 0.15) is 5.52 Å². The van der Waals surface area contributed by atoms with Crippen molar-refractivity contribution in [3.8, 4) is 5.75 Å². The number of ether oxygens (including phenoxy) is 1. The summed E-state index contributed by atoms with van der Waals surface area (Å²) >= 11 is 3.27. The molecule has 0 bridgehead atoms. The van der Waals surface area contributed by atoms with Gasteiger partial charge in [0.15, 0.2) is 5.75 Å². The summed E-state index contributed by atoms with van der Waals surface area (Å²) in [6, 6.07) is 7.89. The number of benzene rings is 1. The van der Waals surface area contributed by atoms with E-state index >= 15 is 0 Å². The van der Waals surface area contributed by atoms with E-state index in [0.717, 1.165) is 8.45 Å². The lowest BCUT2D eigenvalue weighted by Crippen LogP contribution is -2.25. The van der Waals surface area contributed by atoms with E-state index in [0.29, 0.717) is 15.9 Å². The monoisotopic (exact) mass is 382 g/mol. The Balaban J connectivity index is 2.26. The van der Waals surface area contributed by atoms with E-state index in [4.69, 9.17) is 4.74 Å². The third-order valence-electron chi connectivity index (χ3n) is 3.24. The molecule has 6 nitrogen and oxygen atoms in total. The highest BCUT2D eigenvalue weighted by molar-refractivity contribution is 9.10. The summed E-state index contributed by atoms with van der Waals surface area (Å²) in [7, 11) is -2.37. The number of fused-ring (bicyclic) bond motifs is 1. The first kappa shape index (κ1) is 14.9. The molecule has 2 aromatic heterocycles. The summed E-state index contributed by atoms with van der Waals surface area (Å²) in [6.07, 6.45) is 3.86. The zero-order valence-electron chi connectivity index (χ0n) is 11.4. The Morgan fingerprint density at radius 1 is 1.18 bits per heavy atom. The molecule has 114 valence electrons. The van der Waals surface area contributed by atoms with Gasteiger partial charge in [-0.15, -0.1) is 0 Å². The van der Waals surface area contributed by atoms with Gasteiger partial charge in [-0.05, 0) is 30.3 Å². The minimum Gasteiger partial charge on any atom is -0.619 e. The van der Waals surface area contributed by atoms with Gasteiger partial charge in [0.25, 0.3) is 10.0 Å². The molecule has 3 rings (SSSR count). The topological polar surface area (TPSA) is 75.2 Å². The first-order valence-corrected chi connectivity index (χ1v) is 8.46. The van der Waals surface area contributed by atoms with Gasteiger partial charge in [-0.1, -0.05) is 15.9 Å². The molecule has 0 fully saturated rings. The maximum absolute atomic E-state index is 12.7. The van der Waals surface area contributed by atoms with Crippen LogP contribution in [0.25, 0.3) is 10.9 Å². The number of aromatic nitrogens is 2. The summed E-state index contributed by atoms with van der Waals surface area (Å²) in [5.41, 5.74) is 0.261. The fourth-order valence-electron chi connectivity index (χ4n) is 2.20. The highest BCUT2D eigenvalue weighted by Gasteiger charge is 2.22. The van der Waals surface area contributed by atoms with Crippen LogP contribution in [0.4, 0.5) is 0 Å². The lowest BCUT2D eigenvalue weighted by molar-refractivity contribution is -0.604. The maximum atomic E-state index is 12.7. The van der Waals surface area contributed by atoms with Gasteiger partial charge in [0, 0.05) is 10.7 Å². The van der Waals surface area contributed by atoms with E-state index in [1.54, 1.807) is 18.2 Å². The second kappa shape index (κ2) is 5.29. The average molecular weight is 383 g/mol. The van der Waals surface area contributed by atoms with Gasteiger partial charge in [0.2, 0.25) is 12.4 Å². The van der Waals surface area contributed by atoms with E-state index in [1.165, 1.54) is 37.8 Å². The van der Waals surface area contributed by atoms with Crippen LogP contribution in [0.15, 0.2) is 58.3 Å². The zero-order valence-corrected chi connectivity index (χ0v) is 13.8. The van der Waals surface area contributed by atoms with Crippen molar-refractivity contribution in [2.24, 2.45) is 0 Å². The number of hydrogen-bond donors (Lipinski definition) is 0. The SMILES string of the molecule is COc1c[n+]([O-])cc2c1ccn2S(=O)(=O)c1ccc(Br)cc1. The largest absolute Gasteiger partial charge is 0.619 e. The van der Waals surface area contributed by atoms with Crippen LogP contribution in [0.1, 0.15) is 0 Å². The number of halogens is 1. The summed E-state index contributed by atoms with van der Waals surface area (Å²) < 4.78 is 32.9. The Labute approximate surface area is 135 Å². The lowest BCUT2D eigenvalue weighted by atomic mass is 10.3. The van der Waals surface area contributed by atoms with E-state index in [-0.39, 0.29) is 10.4 Å². The minimum absolute atomic E-state index is 0.133. The molecule has 0 amide bonds. The summed E-state index contributed by atoms with van der Waals surface area (Å²) in [5, 5.41) is 12.2. The lowest BCUT2D eigenvalue weighted by Gasteiger charge is -2.08. The molecule has 0 aliphatic carbocycles. The molecule has 8 heteroatoms. The molecule has 22 heavy (non-hydrogen) atoms. The molecule has 0 aliphatic heterocycles. The third-order valence-corrected chi connectivity index (χ3v) is 5.47. The fraction of sp³-hybridized carbons (Fsp3) is 0.0714. The second-order valence-corrected chi connectivity index (χ2v) is 7.29. The normalized spacial score (nSPS) is 11.7. The van der Waals surface area contributed by atoms with Crippen LogP contribution in [0.2, 0.25) is 0 Å². The summed E-state index contributed by atoms with van der Waals surface area (Å²) in [6.45, 7) is 0. The number of pyridine rings is 1. The van der Waals surface area contributed by atoms with Crippen LogP contribution in [-0.4, -0.2) is 19.5 Å². The average Bonchev–Trinajstić information content (AvgIpc) is 2.91. The third kappa shape index (κ3) is 2.34. The second-order valence-electron chi connectivity index (χ2n) is 4.56. The smallest absolute Gasteiger partial charge is 0.268 e. The van der Waals surface area contributed by atoms with Crippen LogP contribution in [-0.2, 0) is 10.0 Å². The van der Waals surface area contributed by atoms with Gasteiger partial charge in [0.05, 0.1) is 17.4 Å². The molecule has 0 saturated carbocycles. The van der Waals surface area contributed by atoms with Crippen LogP contribution >= 0.6 is 15.9 Å². The van der Waals surface area contributed by atoms with Crippen LogP contribution < -0.4 is 9.47 Å². The van der Waals surface area contributed by atoms with Crippen molar-refractivity contribution >= 4 is 36.9 Å². The van der Waals surface area contributed by atoms with Crippen molar-refractivity contribution in [3.05, 3.63) is 58.6 Å². The van der Waals surface area contributed by atoms with E-state index in [2.05, 4.69) is 15.9 Å². The van der Waals surface area contributed by atoms with Gasteiger partial charge < -0.3 is 9.94 Å². The van der Waals surface area contributed by atoms with Crippen LogP contribution in [0.3, 0.4) is 0 Å². The Bertz CT molecular complexity index is 949. The predicted octanol–water partition coefficient (Wildman–Crippen LogP) is 2.28. The van der Waals surface area contributed by atoms with Crippen molar-refractivity contribution in [1.82, 2.24) is 3.97 Å². The molecule has 0 atom stereocenters. The van der Waals surface area contributed by atoms with E-state index in [9.17, 15) is 13.6 Å². The zero-order chi connectivity index (χ0) is 15.9. The predicted molar refractivity (Wildman–Crippen MR) is 84.2 cm³/mol. The fourth-order valence-corrected chi connectivity index (χ4v) is 3.79. The molecular formula is C14H11BrN2O4S. The molecule has 0 spiro atoms. The van der Waals surface area contributed by atoms with Crippen LogP contribution in [0.5, 0.6) is 5.75 Å². The summed E-state index contributed by atoms with van der Waals surface area (Å²) in [4.78, 5) is 0.133. The van der Waals surface area contributed by atoms with Gasteiger partial charge in [-0.3, -0.25) is 0 Å². The van der Waals surface area contributed by atoms with Crippen molar-refractivity contribution in [2.45, 2.75) is 4.90 Å². The molecule has 1 aromatic carbocycles. The molecular weight excluding hydrogens is 372 g/mol. The Morgan fingerprint density at radius 3 is 2.50 bits per heavy atom. The van der Waals surface area contributed by atoms with E-state index in [1.807, 2.05) is 0 Å². The molecule has 0 aliphatic rings. The molecule has 0 saturated heterocycles. The molecule has 0 unspecified atom stereocenters. The molecule has 0 N–H and O–H groups in total. The number of methoxy groups -OCH3 is 1. The Hall–Kier alpha value is -2.06. The standard InChI is InChI=1S/C14H11BrN2O4S/c1-21-14-9-16(18)8-13-12(14)6-7-17(13)22(19,20)11-4-2-10(15)3-5-11/h2-9H,1H3.